The monoisotopic (exact) mass is 294 g/mol. The Bertz CT molecular complexity index is 855. The Hall–Kier alpha value is -1.99. The molecule has 0 atom stereocenters. The molecule has 0 radical (unpaired) electrons. The van der Waals surface area contributed by atoms with Gasteiger partial charge in [0, 0.05) is 27.8 Å². The van der Waals surface area contributed by atoms with Crippen LogP contribution >= 0.6 is 10.7 Å². The lowest BCUT2D eigenvalue weighted by molar-refractivity contribution is 0.602. The number of hydrogen-bond donors (Lipinski definition) is 1. The topological polar surface area (TPSA) is 88.6 Å². The Labute approximate surface area is 112 Å². The molecular weight excluding hydrogens is 288 g/mol. The largest absolute Gasteiger partial charge is 0.296 e. The number of aromatic amines is 1. The third-order valence-corrected chi connectivity index (χ3v) is 3.67. The molecule has 0 fully saturated rings. The molecule has 0 aliphatic rings. The summed E-state index contributed by atoms with van der Waals surface area (Å²) in [5, 5.41) is 6.65. The van der Waals surface area contributed by atoms with Crippen LogP contribution < -0.4 is 0 Å². The highest BCUT2D eigenvalue weighted by Gasteiger charge is 2.17. The van der Waals surface area contributed by atoms with Gasteiger partial charge in [0.25, 0.3) is 14.2 Å². The van der Waals surface area contributed by atoms with Crippen LogP contribution in [0.3, 0.4) is 0 Å². The predicted octanol–water partition coefficient (Wildman–Crippen LogP) is 1.95. The number of H-pyrrole nitrogens is 1. The minimum absolute atomic E-state index is 0.262. The molecule has 19 heavy (non-hydrogen) atoms. The van der Waals surface area contributed by atoms with Gasteiger partial charge in [-0.3, -0.25) is 4.98 Å². The summed E-state index contributed by atoms with van der Waals surface area (Å²) in [6, 6.07) is 9.16. The summed E-state index contributed by atoms with van der Waals surface area (Å²) in [6.07, 6.45) is 1.61. The second-order valence-electron chi connectivity index (χ2n) is 3.78. The zero-order valence-corrected chi connectivity index (χ0v) is 11.0. The Morgan fingerprint density at radius 1 is 1.16 bits per heavy atom. The van der Waals surface area contributed by atoms with Crippen molar-refractivity contribution in [3.8, 4) is 11.4 Å². The van der Waals surface area contributed by atoms with Gasteiger partial charge in [0.15, 0.2) is 5.82 Å². The fourth-order valence-corrected chi connectivity index (χ4v) is 2.32. The van der Waals surface area contributed by atoms with E-state index in [1.54, 1.807) is 12.3 Å². The number of nitrogens with one attached hydrogen (secondary N) is 1. The van der Waals surface area contributed by atoms with E-state index < -0.39 is 9.05 Å². The van der Waals surface area contributed by atoms with Gasteiger partial charge in [-0.2, -0.15) is 10.1 Å². The molecule has 0 aliphatic heterocycles. The third kappa shape index (κ3) is 2.18. The van der Waals surface area contributed by atoms with Crippen LogP contribution in [0.2, 0.25) is 0 Å². The van der Waals surface area contributed by atoms with Crippen LogP contribution in [0, 0.1) is 0 Å². The maximum atomic E-state index is 11.2. The number of benzene rings is 1. The first-order valence-corrected chi connectivity index (χ1v) is 7.58. The molecule has 0 aliphatic carbocycles. The van der Waals surface area contributed by atoms with E-state index >= 15 is 0 Å². The van der Waals surface area contributed by atoms with Crippen molar-refractivity contribution < 1.29 is 8.42 Å². The third-order valence-electron chi connectivity index (χ3n) is 2.59. The van der Waals surface area contributed by atoms with Crippen molar-refractivity contribution in [2.75, 3.05) is 0 Å². The van der Waals surface area contributed by atoms with E-state index in [1.807, 2.05) is 24.3 Å². The average molecular weight is 295 g/mol. The van der Waals surface area contributed by atoms with E-state index in [9.17, 15) is 8.42 Å². The Kier molecular flexibility index (Phi) is 2.72. The van der Waals surface area contributed by atoms with Gasteiger partial charge in [0.05, 0.1) is 5.52 Å². The molecular formula is C11H7ClN4O2S. The zero-order valence-electron chi connectivity index (χ0n) is 9.41. The van der Waals surface area contributed by atoms with Crippen molar-refractivity contribution in [3.63, 3.8) is 0 Å². The molecule has 8 heteroatoms. The average Bonchev–Trinajstić information content (AvgIpc) is 2.87. The lowest BCUT2D eigenvalue weighted by Crippen LogP contribution is -1.93. The smallest absolute Gasteiger partial charge is 0.256 e. The molecule has 2 aromatic heterocycles. The fourth-order valence-electron chi connectivity index (χ4n) is 1.77. The number of aromatic nitrogens is 4. The van der Waals surface area contributed by atoms with Gasteiger partial charge in [-0.05, 0) is 12.1 Å². The number of nitrogens with zero attached hydrogens (tertiary/aromatic N) is 3. The lowest BCUT2D eigenvalue weighted by atomic mass is 10.1. The highest BCUT2D eigenvalue weighted by Crippen LogP contribution is 2.25. The number of pyridine rings is 1. The van der Waals surface area contributed by atoms with Gasteiger partial charge >= 0.3 is 0 Å². The quantitative estimate of drug-likeness (QED) is 0.730. The number of halogens is 1. The molecule has 0 unspecified atom stereocenters. The molecule has 3 rings (SSSR count). The van der Waals surface area contributed by atoms with Gasteiger partial charge in [-0.25, -0.2) is 13.5 Å². The van der Waals surface area contributed by atoms with Crippen LogP contribution in [0.25, 0.3) is 22.3 Å². The molecule has 0 saturated carbocycles. The Morgan fingerprint density at radius 3 is 2.68 bits per heavy atom. The number of para-hydroxylation sites is 1. The highest BCUT2D eigenvalue weighted by molar-refractivity contribution is 8.13. The van der Waals surface area contributed by atoms with E-state index in [-0.39, 0.29) is 11.0 Å². The summed E-state index contributed by atoms with van der Waals surface area (Å²) in [5.74, 6) is 0.262. The molecule has 3 aromatic rings. The van der Waals surface area contributed by atoms with Crippen molar-refractivity contribution in [2.24, 2.45) is 0 Å². The first-order valence-electron chi connectivity index (χ1n) is 5.27. The fraction of sp³-hybridized carbons (Fsp3) is 0. The van der Waals surface area contributed by atoms with E-state index in [0.717, 1.165) is 10.9 Å². The zero-order chi connectivity index (χ0) is 13.5. The lowest BCUT2D eigenvalue weighted by Gasteiger charge is -2.01. The molecule has 6 nitrogen and oxygen atoms in total. The Balaban J connectivity index is 2.23. The maximum absolute atomic E-state index is 11.2. The van der Waals surface area contributed by atoms with Crippen LogP contribution in [0.15, 0.2) is 41.7 Å². The van der Waals surface area contributed by atoms with Crippen LogP contribution in [0.4, 0.5) is 0 Å². The second-order valence-corrected chi connectivity index (χ2v) is 6.26. The molecule has 96 valence electrons. The van der Waals surface area contributed by atoms with Gasteiger partial charge in [0.1, 0.15) is 0 Å². The number of hydrogen-bond acceptors (Lipinski definition) is 5. The standard InChI is InChI=1S/C11H7ClN4O2S/c12-19(17,18)11-14-10(15-16-11)8-5-6-13-9-4-2-1-3-7(8)9/h1-6H,(H,14,15,16). The summed E-state index contributed by atoms with van der Waals surface area (Å²) in [4.78, 5) is 8.10. The van der Waals surface area contributed by atoms with E-state index in [0.29, 0.717) is 5.56 Å². The number of fused-ring (bicyclic) bond motifs is 1. The molecule has 1 N–H and O–H groups in total. The Morgan fingerprint density at radius 2 is 1.95 bits per heavy atom. The van der Waals surface area contributed by atoms with Crippen LogP contribution in [-0.2, 0) is 9.05 Å². The summed E-state index contributed by atoms with van der Waals surface area (Å²) >= 11 is 0. The predicted molar refractivity (Wildman–Crippen MR) is 70.2 cm³/mol. The van der Waals surface area contributed by atoms with Crippen molar-refractivity contribution >= 4 is 30.6 Å². The van der Waals surface area contributed by atoms with Crippen molar-refractivity contribution in [1.82, 2.24) is 20.2 Å². The summed E-state index contributed by atoms with van der Waals surface area (Å²) in [6.45, 7) is 0. The summed E-state index contributed by atoms with van der Waals surface area (Å²) < 4.78 is 22.3. The molecule has 1 aromatic carbocycles. The second kappa shape index (κ2) is 4.29. The summed E-state index contributed by atoms with van der Waals surface area (Å²) in [5.41, 5.74) is 1.47. The first-order chi connectivity index (χ1) is 9.05. The van der Waals surface area contributed by atoms with Gasteiger partial charge < -0.3 is 0 Å². The minimum atomic E-state index is -3.92. The highest BCUT2D eigenvalue weighted by atomic mass is 35.7. The number of rotatable bonds is 2. The maximum Gasteiger partial charge on any atom is 0.296 e. The summed E-state index contributed by atoms with van der Waals surface area (Å²) in [7, 11) is 1.29. The van der Waals surface area contributed by atoms with Gasteiger partial charge in [0.2, 0.25) is 0 Å². The van der Waals surface area contributed by atoms with Crippen LogP contribution in [0.1, 0.15) is 0 Å². The molecule has 0 amide bonds. The van der Waals surface area contributed by atoms with Crippen molar-refractivity contribution in [1.29, 1.82) is 0 Å². The molecule has 0 bridgehead atoms. The van der Waals surface area contributed by atoms with Gasteiger partial charge in [-0.1, -0.05) is 18.2 Å². The van der Waals surface area contributed by atoms with Crippen molar-refractivity contribution in [2.45, 2.75) is 5.16 Å². The van der Waals surface area contributed by atoms with Crippen LogP contribution in [-0.4, -0.2) is 28.6 Å². The SMILES string of the molecule is O=S(=O)(Cl)c1nc(-c2ccnc3ccccc23)n[nH]1. The van der Waals surface area contributed by atoms with Gasteiger partial charge in [-0.15, -0.1) is 0 Å². The first kappa shape index (κ1) is 12.1. The van der Waals surface area contributed by atoms with Crippen molar-refractivity contribution in [3.05, 3.63) is 36.5 Å². The van der Waals surface area contributed by atoms with Crippen LogP contribution in [0.5, 0.6) is 0 Å². The molecule has 0 saturated heterocycles. The minimum Gasteiger partial charge on any atom is -0.256 e. The molecule has 0 spiro atoms. The normalized spacial score (nSPS) is 11.8. The molecule has 2 heterocycles. The van der Waals surface area contributed by atoms with E-state index in [4.69, 9.17) is 10.7 Å². The van der Waals surface area contributed by atoms with E-state index in [1.165, 1.54) is 0 Å². The van der Waals surface area contributed by atoms with E-state index in [2.05, 4.69) is 20.2 Å².